The average molecular weight is 295 g/mol. The highest BCUT2D eigenvalue weighted by Crippen LogP contribution is 2.40. The lowest BCUT2D eigenvalue weighted by Crippen LogP contribution is -1.88. The summed E-state index contributed by atoms with van der Waals surface area (Å²) < 4.78 is 19.8. The molecule has 0 spiro atoms. The van der Waals surface area contributed by atoms with Crippen molar-refractivity contribution in [3.8, 4) is 22.5 Å². The first kappa shape index (κ1) is 14.4. The molecule has 0 unspecified atom stereocenters. The van der Waals surface area contributed by atoms with Crippen LogP contribution in [-0.4, -0.2) is 0 Å². The van der Waals surface area contributed by atoms with Crippen molar-refractivity contribution >= 4 is 5.88 Å². The summed E-state index contributed by atoms with van der Waals surface area (Å²) in [5, 5.41) is 0. The van der Waals surface area contributed by atoms with Gasteiger partial charge in [0.25, 0.3) is 0 Å². The Morgan fingerprint density at radius 2 is 1.73 bits per heavy atom. The van der Waals surface area contributed by atoms with E-state index in [1.165, 1.54) is 11.6 Å². The zero-order valence-corrected chi connectivity index (χ0v) is 12.7. The second-order valence-electron chi connectivity index (χ2n) is 5.33. The SMILES string of the molecule is CCc1ccc(-c2c(-c3ccccc3F)oc(N)c2C)cc1. The number of nitrogen functional groups attached to an aromatic ring is 1. The molecule has 3 rings (SSSR count). The summed E-state index contributed by atoms with van der Waals surface area (Å²) in [5.41, 5.74) is 10.3. The standard InChI is InChI=1S/C19H18FNO/c1-3-13-8-10-14(11-9-13)17-12(2)19(21)22-18(17)15-6-4-5-7-16(15)20/h4-11H,3,21H2,1-2H3. The number of furan rings is 1. The number of aryl methyl sites for hydroxylation is 1. The minimum atomic E-state index is -0.317. The number of rotatable bonds is 3. The summed E-state index contributed by atoms with van der Waals surface area (Å²) in [6.07, 6.45) is 0.979. The largest absolute Gasteiger partial charge is 0.440 e. The molecule has 0 saturated carbocycles. The molecule has 112 valence electrons. The van der Waals surface area contributed by atoms with Crippen LogP contribution in [0.5, 0.6) is 0 Å². The molecule has 0 atom stereocenters. The molecule has 1 aromatic heterocycles. The molecule has 1 heterocycles. The maximum Gasteiger partial charge on any atom is 0.194 e. The van der Waals surface area contributed by atoms with Gasteiger partial charge in [-0.2, -0.15) is 0 Å². The molecule has 0 radical (unpaired) electrons. The molecular weight excluding hydrogens is 277 g/mol. The summed E-state index contributed by atoms with van der Waals surface area (Å²) in [5.74, 6) is 0.493. The summed E-state index contributed by atoms with van der Waals surface area (Å²) in [6.45, 7) is 4.01. The van der Waals surface area contributed by atoms with Crippen LogP contribution in [0.25, 0.3) is 22.5 Å². The van der Waals surface area contributed by atoms with Gasteiger partial charge in [0.15, 0.2) is 5.88 Å². The Kier molecular flexibility index (Phi) is 3.72. The van der Waals surface area contributed by atoms with Crippen LogP contribution in [-0.2, 0) is 6.42 Å². The van der Waals surface area contributed by atoms with E-state index in [2.05, 4.69) is 19.1 Å². The van der Waals surface area contributed by atoms with E-state index in [9.17, 15) is 4.39 Å². The lowest BCUT2D eigenvalue weighted by molar-refractivity contribution is 0.584. The van der Waals surface area contributed by atoms with Crippen molar-refractivity contribution in [1.82, 2.24) is 0 Å². The van der Waals surface area contributed by atoms with E-state index in [4.69, 9.17) is 10.2 Å². The van der Waals surface area contributed by atoms with Gasteiger partial charge in [-0.05, 0) is 36.6 Å². The molecule has 0 bridgehead atoms. The number of hydrogen-bond acceptors (Lipinski definition) is 2. The van der Waals surface area contributed by atoms with Gasteiger partial charge >= 0.3 is 0 Å². The fourth-order valence-electron chi connectivity index (χ4n) is 2.62. The molecule has 0 aliphatic rings. The molecule has 2 aromatic carbocycles. The first-order chi connectivity index (χ1) is 10.6. The molecule has 3 aromatic rings. The van der Waals surface area contributed by atoms with E-state index in [0.29, 0.717) is 17.2 Å². The fourth-order valence-corrected chi connectivity index (χ4v) is 2.62. The Bertz CT molecular complexity index is 803. The molecule has 0 aliphatic carbocycles. The van der Waals surface area contributed by atoms with Gasteiger partial charge in [-0.3, -0.25) is 0 Å². The monoisotopic (exact) mass is 295 g/mol. The van der Waals surface area contributed by atoms with Crippen LogP contribution in [0, 0.1) is 12.7 Å². The van der Waals surface area contributed by atoms with E-state index in [0.717, 1.165) is 23.1 Å². The van der Waals surface area contributed by atoms with E-state index >= 15 is 0 Å². The van der Waals surface area contributed by atoms with Crippen molar-refractivity contribution in [2.45, 2.75) is 20.3 Å². The topological polar surface area (TPSA) is 39.2 Å². The summed E-state index contributed by atoms with van der Waals surface area (Å²) in [6, 6.07) is 14.8. The first-order valence-electron chi connectivity index (χ1n) is 7.35. The minimum absolute atomic E-state index is 0.317. The fraction of sp³-hybridized carbons (Fsp3) is 0.158. The Morgan fingerprint density at radius 1 is 1.05 bits per heavy atom. The van der Waals surface area contributed by atoms with Gasteiger partial charge in [0.2, 0.25) is 0 Å². The first-order valence-corrected chi connectivity index (χ1v) is 7.35. The molecule has 0 aliphatic heterocycles. The van der Waals surface area contributed by atoms with Gasteiger partial charge in [-0.1, -0.05) is 43.3 Å². The zero-order valence-electron chi connectivity index (χ0n) is 12.7. The highest BCUT2D eigenvalue weighted by atomic mass is 19.1. The van der Waals surface area contributed by atoms with Crippen LogP contribution >= 0.6 is 0 Å². The van der Waals surface area contributed by atoms with Gasteiger partial charge in [0.1, 0.15) is 11.6 Å². The predicted octanol–water partition coefficient (Wildman–Crippen LogP) is 5.21. The van der Waals surface area contributed by atoms with Crippen molar-refractivity contribution in [1.29, 1.82) is 0 Å². The molecule has 2 N–H and O–H groups in total. The number of hydrogen-bond donors (Lipinski definition) is 1. The molecule has 0 saturated heterocycles. The maximum atomic E-state index is 14.1. The van der Waals surface area contributed by atoms with Crippen LogP contribution < -0.4 is 5.73 Å². The molecule has 0 amide bonds. The van der Waals surface area contributed by atoms with Crippen LogP contribution in [0.3, 0.4) is 0 Å². The summed E-state index contributed by atoms with van der Waals surface area (Å²) in [7, 11) is 0. The van der Waals surface area contributed by atoms with Crippen molar-refractivity contribution in [3.63, 3.8) is 0 Å². The van der Waals surface area contributed by atoms with E-state index < -0.39 is 0 Å². The van der Waals surface area contributed by atoms with Crippen molar-refractivity contribution < 1.29 is 8.81 Å². The normalized spacial score (nSPS) is 10.9. The Labute approximate surface area is 129 Å². The second kappa shape index (κ2) is 5.68. The molecule has 3 heteroatoms. The Morgan fingerprint density at radius 3 is 2.36 bits per heavy atom. The third-order valence-corrected chi connectivity index (χ3v) is 3.95. The van der Waals surface area contributed by atoms with Gasteiger partial charge in [0.05, 0.1) is 5.56 Å². The van der Waals surface area contributed by atoms with Crippen molar-refractivity contribution in [2.75, 3.05) is 5.73 Å². The van der Waals surface area contributed by atoms with Gasteiger partial charge in [-0.15, -0.1) is 0 Å². The molecule has 22 heavy (non-hydrogen) atoms. The third-order valence-electron chi connectivity index (χ3n) is 3.95. The van der Waals surface area contributed by atoms with E-state index in [-0.39, 0.29) is 5.82 Å². The third kappa shape index (κ3) is 2.39. The number of nitrogens with two attached hydrogens (primary N) is 1. The zero-order chi connectivity index (χ0) is 15.7. The lowest BCUT2D eigenvalue weighted by atomic mass is 9.97. The van der Waals surface area contributed by atoms with Crippen LogP contribution in [0.2, 0.25) is 0 Å². The highest BCUT2D eigenvalue weighted by Gasteiger charge is 2.20. The number of halogens is 1. The van der Waals surface area contributed by atoms with Crippen molar-refractivity contribution in [3.05, 3.63) is 65.5 Å². The smallest absolute Gasteiger partial charge is 0.194 e. The summed E-state index contributed by atoms with van der Waals surface area (Å²) in [4.78, 5) is 0. The van der Waals surface area contributed by atoms with Crippen LogP contribution in [0.4, 0.5) is 10.3 Å². The van der Waals surface area contributed by atoms with Crippen LogP contribution in [0.1, 0.15) is 18.1 Å². The molecule has 0 fully saturated rings. The van der Waals surface area contributed by atoms with E-state index in [1.54, 1.807) is 18.2 Å². The van der Waals surface area contributed by atoms with Gasteiger partial charge in [-0.25, -0.2) is 4.39 Å². The molecular formula is C19H18FNO. The van der Waals surface area contributed by atoms with Crippen LogP contribution in [0.15, 0.2) is 52.9 Å². The van der Waals surface area contributed by atoms with Gasteiger partial charge in [0, 0.05) is 11.1 Å². The van der Waals surface area contributed by atoms with Gasteiger partial charge < -0.3 is 10.2 Å². The highest BCUT2D eigenvalue weighted by molar-refractivity contribution is 5.85. The number of benzene rings is 2. The Hall–Kier alpha value is -2.55. The quantitative estimate of drug-likeness (QED) is 0.720. The van der Waals surface area contributed by atoms with Crippen molar-refractivity contribution in [2.24, 2.45) is 0 Å². The lowest BCUT2D eigenvalue weighted by Gasteiger charge is -2.06. The minimum Gasteiger partial charge on any atom is -0.440 e. The molecule has 2 nitrogen and oxygen atoms in total. The summed E-state index contributed by atoms with van der Waals surface area (Å²) >= 11 is 0. The predicted molar refractivity (Wildman–Crippen MR) is 88.1 cm³/mol. The Balaban J connectivity index is 2.21. The maximum absolute atomic E-state index is 14.1. The van der Waals surface area contributed by atoms with E-state index in [1.807, 2.05) is 19.1 Å². The number of anilines is 1. The second-order valence-corrected chi connectivity index (χ2v) is 5.33. The average Bonchev–Trinajstić information content (AvgIpc) is 2.83.